The molecular formula is C16H17BrN3OS+. The van der Waals surface area contributed by atoms with Crippen LogP contribution in [0.15, 0.2) is 40.2 Å². The molecule has 2 aromatic rings. The zero-order chi connectivity index (χ0) is 15.9. The van der Waals surface area contributed by atoms with Gasteiger partial charge in [0.2, 0.25) is 0 Å². The molecule has 3 N–H and O–H groups in total. The molecule has 1 atom stereocenters. The van der Waals surface area contributed by atoms with E-state index in [-0.39, 0.29) is 11.9 Å². The van der Waals surface area contributed by atoms with E-state index in [0.717, 1.165) is 10.9 Å². The lowest BCUT2D eigenvalue weighted by Gasteiger charge is -2.14. The number of amides is 1. The molecule has 0 saturated carbocycles. The molecule has 0 bridgehead atoms. The normalized spacial score (nSPS) is 11.7. The number of anilines is 1. The predicted molar refractivity (Wildman–Crippen MR) is 91.6 cm³/mol. The third kappa shape index (κ3) is 4.41. The number of nitrogens with two attached hydrogens (primary N) is 1. The molecule has 0 aliphatic heterocycles. The number of hydrogen-bond acceptors (Lipinski definition) is 3. The fourth-order valence-corrected chi connectivity index (χ4v) is 3.19. The van der Waals surface area contributed by atoms with E-state index in [1.54, 1.807) is 11.4 Å². The van der Waals surface area contributed by atoms with E-state index in [1.165, 1.54) is 16.9 Å². The predicted octanol–water partition coefficient (Wildman–Crippen LogP) is 3.04. The van der Waals surface area contributed by atoms with Crippen molar-refractivity contribution in [2.24, 2.45) is 0 Å². The van der Waals surface area contributed by atoms with Gasteiger partial charge in [0.25, 0.3) is 5.91 Å². The number of nitrogens with one attached hydrogen (secondary N) is 1. The van der Waals surface area contributed by atoms with Gasteiger partial charge < -0.3 is 10.6 Å². The van der Waals surface area contributed by atoms with Crippen LogP contribution in [0.5, 0.6) is 0 Å². The van der Waals surface area contributed by atoms with Gasteiger partial charge in [-0.3, -0.25) is 4.79 Å². The Morgan fingerprint density at radius 1 is 1.41 bits per heavy atom. The molecule has 2 rings (SSSR count). The first-order valence-electron chi connectivity index (χ1n) is 7.00. The number of thiophene rings is 1. The number of quaternary nitrogens is 1. The van der Waals surface area contributed by atoms with Crippen LogP contribution < -0.4 is 10.6 Å². The highest BCUT2D eigenvalue weighted by molar-refractivity contribution is 9.10. The Balaban J connectivity index is 1.92. The summed E-state index contributed by atoms with van der Waals surface area (Å²) in [4.78, 5) is 12.0. The van der Waals surface area contributed by atoms with Crippen LogP contribution in [0, 0.1) is 11.3 Å². The quantitative estimate of drug-likeness (QED) is 0.810. The third-order valence-corrected chi connectivity index (χ3v) is 4.72. The van der Waals surface area contributed by atoms with Crippen molar-refractivity contribution in [1.29, 1.82) is 5.26 Å². The number of nitrogens with zero attached hydrogens (tertiary/aromatic N) is 1. The van der Waals surface area contributed by atoms with Gasteiger partial charge in [-0.1, -0.05) is 35.0 Å². The third-order valence-electron chi connectivity index (χ3n) is 3.36. The summed E-state index contributed by atoms with van der Waals surface area (Å²) in [7, 11) is 0. The lowest BCUT2D eigenvalue weighted by Crippen LogP contribution is -2.87. The van der Waals surface area contributed by atoms with Crippen LogP contribution in [-0.4, -0.2) is 12.5 Å². The van der Waals surface area contributed by atoms with Crippen molar-refractivity contribution in [2.75, 3.05) is 11.9 Å². The summed E-state index contributed by atoms with van der Waals surface area (Å²) in [6.45, 7) is 2.44. The molecule has 1 heterocycles. The summed E-state index contributed by atoms with van der Waals surface area (Å²) in [6, 6.07) is 12.2. The first-order valence-corrected chi connectivity index (χ1v) is 8.67. The van der Waals surface area contributed by atoms with Crippen LogP contribution in [0.25, 0.3) is 0 Å². The molecule has 4 nitrogen and oxygen atoms in total. The largest absolute Gasteiger partial charge is 0.332 e. The van der Waals surface area contributed by atoms with Crippen LogP contribution in [0.2, 0.25) is 0 Å². The van der Waals surface area contributed by atoms with Gasteiger partial charge >= 0.3 is 0 Å². The smallest absolute Gasteiger partial charge is 0.280 e. The molecule has 0 aliphatic carbocycles. The zero-order valence-electron chi connectivity index (χ0n) is 12.2. The monoisotopic (exact) mass is 378 g/mol. The Labute approximate surface area is 142 Å². The molecule has 1 amide bonds. The van der Waals surface area contributed by atoms with Gasteiger partial charge in [-0.2, -0.15) is 5.26 Å². The second-order valence-electron chi connectivity index (χ2n) is 4.83. The van der Waals surface area contributed by atoms with Crippen LogP contribution in [-0.2, 0) is 4.79 Å². The Morgan fingerprint density at radius 3 is 2.77 bits per heavy atom. The van der Waals surface area contributed by atoms with Crippen LogP contribution >= 0.6 is 27.3 Å². The van der Waals surface area contributed by atoms with Crippen LogP contribution in [0.1, 0.15) is 30.5 Å². The first kappa shape index (κ1) is 16.7. The van der Waals surface area contributed by atoms with Gasteiger partial charge in [0.05, 0.1) is 5.56 Å². The maximum Gasteiger partial charge on any atom is 0.280 e. The lowest BCUT2D eigenvalue weighted by molar-refractivity contribution is -0.686. The van der Waals surface area contributed by atoms with Crippen molar-refractivity contribution in [3.05, 3.63) is 51.3 Å². The summed E-state index contributed by atoms with van der Waals surface area (Å²) in [5.74, 6) is -0.0884. The van der Waals surface area contributed by atoms with Gasteiger partial charge in [-0.15, -0.1) is 11.3 Å². The maximum atomic E-state index is 12.0. The van der Waals surface area contributed by atoms with Gasteiger partial charge in [-0.05, 0) is 23.6 Å². The van der Waals surface area contributed by atoms with Crippen molar-refractivity contribution in [3.63, 3.8) is 0 Å². The van der Waals surface area contributed by atoms with E-state index in [2.05, 4.69) is 46.4 Å². The van der Waals surface area contributed by atoms with Crippen molar-refractivity contribution in [3.8, 4) is 6.07 Å². The summed E-state index contributed by atoms with van der Waals surface area (Å²) >= 11 is 4.79. The Kier molecular flexibility index (Phi) is 6.13. The molecule has 1 aromatic heterocycles. The number of benzene rings is 1. The molecule has 0 aliphatic rings. The maximum absolute atomic E-state index is 12.0. The molecule has 1 aromatic carbocycles. The van der Waals surface area contributed by atoms with E-state index in [9.17, 15) is 4.79 Å². The second kappa shape index (κ2) is 8.08. The number of carbonyl (C=O) groups is 1. The summed E-state index contributed by atoms with van der Waals surface area (Å²) in [5, 5.41) is 16.2. The van der Waals surface area contributed by atoms with Crippen molar-refractivity contribution in [2.45, 2.75) is 19.4 Å². The number of halogens is 1. The Morgan fingerprint density at radius 2 is 2.14 bits per heavy atom. The molecule has 6 heteroatoms. The zero-order valence-corrected chi connectivity index (χ0v) is 14.6. The van der Waals surface area contributed by atoms with Crippen molar-refractivity contribution < 1.29 is 10.1 Å². The SMILES string of the molecule is CC[C@@H]([NH2+]CC(=O)Nc1sccc1C#N)c1ccc(Br)cc1. The highest BCUT2D eigenvalue weighted by atomic mass is 79.9. The van der Waals surface area contributed by atoms with E-state index in [0.29, 0.717) is 17.1 Å². The fourth-order valence-electron chi connectivity index (χ4n) is 2.17. The van der Waals surface area contributed by atoms with E-state index in [4.69, 9.17) is 5.26 Å². The number of nitriles is 1. The minimum absolute atomic E-state index is 0.0884. The standard InChI is InChI=1S/C16H16BrN3OS/c1-2-14(11-3-5-13(17)6-4-11)19-10-15(21)20-16-12(9-18)7-8-22-16/h3-8,14,19H,2,10H2,1H3,(H,20,21)/p+1/t14-/m1/s1. The average Bonchev–Trinajstić information content (AvgIpc) is 2.96. The van der Waals surface area contributed by atoms with E-state index >= 15 is 0 Å². The Hall–Kier alpha value is -1.68. The summed E-state index contributed by atoms with van der Waals surface area (Å²) in [6.07, 6.45) is 0.942. The van der Waals surface area contributed by atoms with Crippen LogP contribution in [0.3, 0.4) is 0 Å². The number of rotatable bonds is 6. The van der Waals surface area contributed by atoms with Gasteiger partial charge in [-0.25, -0.2) is 0 Å². The molecule has 0 radical (unpaired) electrons. The van der Waals surface area contributed by atoms with Crippen LogP contribution in [0.4, 0.5) is 5.00 Å². The topological polar surface area (TPSA) is 69.5 Å². The summed E-state index contributed by atoms with van der Waals surface area (Å²) < 4.78 is 1.05. The molecule has 114 valence electrons. The molecule has 0 saturated heterocycles. The number of carbonyl (C=O) groups excluding carboxylic acids is 1. The lowest BCUT2D eigenvalue weighted by atomic mass is 10.0. The fraction of sp³-hybridized carbons (Fsp3) is 0.250. The number of hydrogen-bond donors (Lipinski definition) is 2. The molecule has 0 spiro atoms. The van der Waals surface area contributed by atoms with Crippen molar-refractivity contribution in [1.82, 2.24) is 0 Å². The minimum Gasteiger partial charge on any atom is -0.332 e. The summed E-state index contributed by atoms with van der Waals surface area (Å²) in [5.41, 5.74) is 1.71. The van der Waals surface area contributed by atoms with E-state index < -0.39 is 0 Å². The highest BCUT2D eigenvalue weighted by Gasteiger charge is 2.15. The highest BCUT2D eigenvalue weighted by Crippen LogP contribution is 2.21. The van der Waals surface area contributed by atoms with Gasteiger partial charge in [0.1, 0.15) is 17.1 Å². The molecule has 0 unspecified atom stereocenters. The molecule has 0 fully saturated rings. The van der Waals surface area contributed by atoms with Gasteiger partial charge in [0, 0.05) is 16.5 Å². The average molecular weight is 379 g/mol. The van der Waals surface area contributed by atoms with Gasteiger partial charge in [0.15, 0.2) is 6.54 Å². The first-order chi connectivity index (χ1) is 10.6. The molecular weight excluding hydrogens is 362 g/mol. The second-order valence-corrected chi connectivity index (χ2v) is 6.66. The molecule has 22 heavy (non-hydrogen) atoms. The Bertz CT molecular complexity index is 675. The van der Waals surface area contributed by atoms with E-state index in [1.807, 2.05) is 17.4 Å². The van der Waals surface area contributed by atoms with Crippen molar-refractivity contribution >= 4 is 38.2 Å². The minimum atomic E-state index is -0.0884.